The summed E-state index contributed by atoms with van der Waals surface area (Å²) in [5, 5.41) is 0. The van der Waals surface area contributed by atoms with Crippen molar-refractivity contribution < 1.29 is 8.83 Å². The van der Waals surface area contributed by atoms with E-state index < -0.39 is 0 Å². The van der Waals surface area contributed by atoms with E-state index in [1.807, 2.05) is 0 Å². The molecule has 0 aliphatic heterocycles. The second kappa shape index (κ2) is 3.32. The smallest absolute Gasteiger partial charge is 0.181 e. The topological polar surface area (TPSA) is 65.0 Å². The van der Waals surface area contributed by atoms with Gasteiger partial charge in [0.05, 0.1) is 16.6 Å². The first-order chi connectivity index (χ1) is 7.45. The molecule has 0 bridgehead atoms. The molecule has 0 unspecified atom stereocenters. The van der Waals surface area contributed by atoms with Crippen molar-refractivity contribution in [2.45, 2.75) is 0 Å². The Morgan fingerprint density at radius 1 is 1.20 bits per heavy atom. The Labute approximate surface area is 88.4 Å². The van der Waals surface area contributed by atoms with Crippen LogP contribution in [-0.2, 0) is 0 Å². The molecule has 0 saturated heterocycles. The number of hydrogen-bond donors (Lipinski definition) is 0. The molecule has 3 aromatic rings. The monoisotopic (exact) mass is 219 g/mol. The van der Waals surface area contributed by atoms with Crippen molar-refractivity contribution in [3.8, 4) is 22.0 Å². The van der Waals surface area contributed by atoms with Gasteiger partial charge in [-0.05, 0) is 0 Å². The molecule has 6 heteroatoms. The summed E-state index contributed by atoms with van der Waals surface area (Å²) in [7, 11) is 0. The van der Waals surface area contributed by atoms with Crippen LogP contribution in [0.15, 0.2) is 39.6 Å². The Balaban J connectivity index is 2.15. The molecule has 5 nitrogen and oxygen atoms in total. The zero-order valence-corrected chi connectivity index (χ0v) is 8.27. The predicted molar refractivity (Wildman–Crippen MR) is 53.1 cm³/mol. The Morgan fingerprint density at radius 2 is 2.20 bits per heavy atom. The van der Waals surface area contributed by atoms with Gasteiger partial charge < -0.3 is 8.83 Å². The third-order valence-electron chi connectivity index (χ3n) is 1.90. The molecule has 0 aliphatic carbocycles. The lowest BCUT2D eigenvalue weighted by Crippen LogP contribution is -1.78. The van der Waals surface area contributed by atoms with Gasteiger partial charge in [0.2, 0.25) is 0 Å². The van der Waals surface area contributed by atoms with Crippen molar-refractivity contribution in [1.82, 2.24) is 15.0 Å². The van der Waals surface area contributed by atoms with Gasteiger partial charge >= 0.3 is 0 Å². The SMILES string of the molecule is c1nc(-c2scnc2-c2cnco2)co1. The van der Waals surface area contributed by atoms with Crippen LogP contribution in [0.2, 0.25) is 0 Å². The molecule has 15 heavy (non-hydrogen) atoms. The maximum atomic E-state index is 5.19. The van der Waals surface area contributed by atoms with Gasteiger partial charge in [0.25, 0.3) is 0 Å². The molecular formula is C9H5N3O2S. The van der Waals surface area contributed by atoms with E-state index in [4.69, 9.17) is 8.83 Å². The molecular weight excluding hydrogens is 214 g/mol. The maximum Gasteiger partial charge on any atom is 0.181 e. The van der Waals surface area contributed by atoms with Gasteiger partial charge in [-0.15, -0.1) is 11.3 Å². The minimum absolute atomic E-state index is 0.634. The van der Waals surface area contributed by atoms with E-state index in [-0.39, 0.29) is 0 Å². The number of aromatic nitrogens is 3. The average Bonchev–Trinajstić information content (AvgIpc) is 3.01. The Kier molecular flexibility index (Phi) is 1.85. The minimum atomic E-state index is 0.634. The second-order valence-corrected chi connectivity index (χ2v) is 3.62. The molecule has 3 heterocycles. The third-order valence-corrected chi connectivity index (χ3v) is 2.75. The zero-order chi connectivity index (χ0) is 10.1. The molecule has 0 radical (unpaired) electrons. The summed E-state index contributed by atoms with van der Waals surface area (Å²) in [5.41, 5.74) is 3.23. The molecule has 0 N–H and O–H groups in total. The third kappa shape index (κ3) is 1.35. The summed E-state index contributed by atoms with van der Waals surface area (Å²) in [5.74, 6) is 0.634. The van der Waals surface area contributed by atoms with Crippen LogP contribution < -0.4 is 0 Å². The fraction of sp³-hybridized carbons (Fsp3) is 0. The van der Waals surface area contributed by atoms with Crippen LogP contribution in [0.25, 0.3) is 22.0 Å². The van der Waals surface area contributed by atoms with Crippen molar-refractivity contribution in [2.75, 3.05) is 0 Å². The lowest BCUT2D eigenvalue weighted by atomic mass is 10.2. The highest BCUT2D eigenvalue weighted by Gasteiger charge is 2.15. The quantitative estimate of drug-likeness (QED) is 0.662. The van der Waals surface area contributed by atoms with Crippen molar-refractivity contribution in [3.63, 3.8) is 0 Å². The van der Waals surface area contributed by atoms with Gasteiger partial charge in [0.15, 0.2) is 18.5 Å². The first-order valence-corrected chi connectivity index (χ1v) is 5.04. The van der Waals surface area contributed by atoms with Gasteiger partial charge in [-0.25, -0.2) is 15.0 Å². The van der Waals surface area contributed by atoms with E-state index in [9.17, 15) is 0 Å². The summed E-state index contributed by atoms with van der Waals surface area (Å²) in [6, 6.07) is 0. The van der Waals surface area contributed by atoms with Crippen LogP contribution in [0.1, 0.15) is 0 Å². The average molecular weight is 219 g/mol. The number of thiazole rings is 1. The number of oxazole rings is 2. The highest BCUT2D eigenvalue weighted by molar-refractivity contribution is 7.13. The molecule has 0 aromatic carbocycles. The Morgan fingerprint density at radius 3 is 2.93 bits per heavy atom. The number of hydrogen-bond acceptors (Lipinski definition) is 6. The van der Waals surface area contributed by atoms with E-state index in [0.717, 1.165) is 16.3 Å². The molecule has 74 valence electrons. The standard InChI is InChI=1S/C9H5N3O2S/c1-7(14-3-10-1)8-9(15-5-12-8)6-2-13-4-11-6/h1-5H. The van der Waals surface area contributed by atoms with Gasteiger partial charge in [-0.1, -0.05) is 0 Å². The summed E-state index contributed by atoms with van der Waals surface area (Å²) >= 11 is 1.48. The fourth-order valence-electron chi connectivity index (χ4n) is 1.26. The van der Waals surface area contributed by atoms with Gasteiger partial charge in [0, 0.05) is 0 Å². The largest absolute Gasteiger partial charge is 0.451 e. The molecule has 0 saturated carbocycles. The fourth-order valence-corrected chi connectivity index (χ4v) is 2.01. The molecule has 0 spiro atoms. The highest BCUT2D eigenvalue weighted by Crippen LogP contribution is 2.33. The molecule has 3 rings (SSSR count). The Hall–Kier alpha value is -1.95. The van der Waals surface area contributed by atoms with Gasteiger partial charge in [-0.3, -0.25) is 0 Å². The van der Waals surface area contributed by atoms with E-state index in [2.05, 4.69) is 15.0 Å². The van der Waals surface area contributed by atoms with E-state index in [1.165, 1.54) is 24.1 Å². The lowest BCUT2D eigenvalue weighted by molar-refractivity contribution is 0.558. The van der Waals surface area contributed by atoms with Crippen molar-refractivity contribution >= 4 is 11.3 Å². The van der Waals surface area contributed by atoms with Gasteiger partial charge in [-0.2, -0.15) is 0 Å². The van der Waals surface area contributed by atoms with E-state index in [0.29, 0.717) is 5.76 Å². The van der Waals surface area contributed by atoms with Crippen molar-refractivity contribution in [1.29, 1.82) is 0 Å². The minimum Gasteiger partial charge on any atom is -0.451 e. The zero-order valence-electron chi connectivity index (χ0n) is 7.45. The van der Waals surface area contributed by atoms with Crippen LogP contribution in [0.4, 0.5) is 0 Å². The molecule has 0 amide bonds. The maximum absolute atomic E-state index is 5.19. The molecule has 0 atom stereocenters. The highest BCUT2D eigenvalue weighted by atomic mass is 32.1. The molecule has 0 aliphatic rings. The normalized spacial score (nSPS) is 10.7. The summed E-state index contributed by atoms with van der Waals surface area (Å²) in [4.78, 5) is 13.1. The van der Waals surface area contributed by atoms with Gasteiger partial charge in [0.1, 0.15) is 17.7 Å². The Bertz CT molecular complexity index is 493. The summed E-state index contributed by atoms with van der Waals surface area (Å²) in [6.07, 6.45) is 5.96. The predicted octanol–water partition coefficient (Wildman–Crippen LogP) is 2.45. The van der Waals surface area contributed by atoms with Crippen LogP contribution in [0.5, 0.6) is 0 Å². The second-order valence-electron chi connectivity index (χ2n) is 2.77. The van der Waals surface area contributed by atoms with Crippen LogP contribution >= 0.6 is 11.3 Å². The molecule has 0 fully saturated rings. The summed E-state index contributed by atoms with van der Waals surface area (Å²) < 4.78 is 10.1. The lowest BCUT2D eigenvalue weighted by Gasteiger charge is -1.92. The van der Waals surface area contributed by atoms with Crippen molar-refractivity contribution in [3.05, 3.63) is 30.8 Å². The number of rotatable bonds is 2. The van der Waals surface area contributed by atoms with E-state index in [1.54, 1.807) is 18.0 Å². The molecule has 3 aromatic heterocycles. The summed E-state index contributed by atoms with van der Waals surface area (Å²) in [6.45, 7) is 0. The first kappa shape index (κ1) is 8.37. The van der Waals surface area contributed by atoms with Crippen molar-refractivity contribution in [2.24, 2.45) is 0 Å². The van der Waals surface area contributed by atoms with E-state index >= 15 is 0 Å². The van der Waals surface area contributed by atoms with Crippen LogP contribution in [0, 0.1) is 0 Å². The van der Waals surface area contributed by atoms with Crippen LogP contribution in [-0.4, -0.2) is 15.0 Å². The number of nitrogens with zero attached hydrogens (tertiary/aromatic N) is 3. The van der Waals surface area contributed by atoms with Crippen LogP contribution in [0.3, 0.4) is 0 Å². The first-order valence-electron chi connectivity index (χ1n) is 4.16.